The van der Waals surface area contributed by atoms with Crippen molar-refractivity contribution in [2.45, 2.75) is 32.0 Å². The third kappa shape index (κ3) is 3.93. The molecule has 0 amide bonds. The predicted octanol–water partition coefficient (Wildman–Crippen LogP) is 2.37. The maximum absolute atomic E-state index is 14.8. The van der Waals surface area contributed by atoms with Crippen LogP contribution in [0.3, 0.4) is 0 Å². The summed E-state index contributed by atoms with van der Waals surface area (Å²) in [6.07, 6.45) is 1.87. The molecule has 2 aliphatic rings. The second-order valence-electron chi connectivity index (χ2n) is 7.47. The van der Waals surface area contributed by atoms with E-state index in [0.29, 0.717) is 13.1 Å². The number of fused-ring (bicyclic) bond motifs is 1. The summed E-state index contributed by atoms with van der Waals surface area (Å²) in [6, 6.07) is 1.08. The monoisotopic (exact) mass is 428 g/mol. The van der Waals surface area contributed by atoms with Crippen molar-refractivity contribution in [1.82, 2.24) is 14.9 Å². The summed E-state index contributed by atoms with van der Waals surface area (Å²) in [5.74, 6) is -2.36. The molecule has 2 unspecified atom stereocenters. The fourth-order valence-electron chi connectivity index (χ4n) is 3.77. The lowest BCUT2D eigenvalue weighted by atomic mass is 10.1. The van der Waals surface area contributed by atoms with Crippen LogP contribution in [-0.4, -0.2) is 53.0 Å². The topological polar surface area (TPSA) is 87.5 Å². The van der Waals surface area contributed by atoms with Crippen LogP contribution in [0, 0.1) is 11.7 Å². The molecule has 7 nitrogen and oxygen atoms in total. The Labute approximate surface area is 172 Å². The molecule has 2 aromatic rings. The number of nitrogens with zero attached hydrogens (tertiary/aromatic N) is 3. The van der Waals surface area contributed by atoms with Gasteiger partial charge < -0.3 is 19.9 Å². The molecule has 2 aromatic heterocycles. The number of anilines is 1. The van der Waals surface area contributed by atoms with Crippen molar-refractivity contribution < 1.29 is 18.7 Å². The highest BCUT2D eigenvalue weighted by Gasteiger charge is 2.35. The Hall–Kier alpha value is -2.26. The first kappa shape index (κ1) is 21.4. The number of aromatic carboxylic acids is 1. The average Bonchev–Trinajstić information content (AvgIpc) is 3.43. The van der Waals surface area contributed by atoms with Crippen LogP contribution in [0.15, 0.2) is 17.1 Å². The third-order valence-corrected chi connectivity index (χ3v) is 5.43. The average molecular weight is 429 g/mol. The quantitative estimate of drug-likeness (QED) is 0.734. The molecule has 158 valence electrons. The largest absolute Gasteiger partial charge is 0.477 e. The van der Waals surface area contributed by atoms with E-state index in [4.69, 9.17) is 0 Å². The Bertz CT molecular complexity index is 996. The second-order valence-corrected chi connectivity index (χ2v) is 7.47. The van der Waals surface area contributed by atoms with Crippen molar-refractivity contribution in [1.29, 1.82) is 0 Å². The number of aromatic nitrogens is 2. The van der Waals surface area contributed by atoms with E-state index < -0.39 is 29.0 Å². The standard InChI is InChI=1S/C19H22F2N4O3.ClH/c1-2-22-6-10-7-24(9-15(10)21)18-14(20)5-12-16(26)13(19(27)28)8-25(11-3-4-11)17(12)23-18;/h5,8,10-11,15,22H,2-4,6-7,9H2,1H3,(H,27,28);1H. The van der Waals surface area contributed by atoms with Gasteiger partial charge in [-0.1, -0.05) is 6.92 Å². The predicted molar refractivity (Wildman–Crippen MR) is 108 cm³/mol. The fraction of sp³-hybridized carbons (Fsp3) is 0.526. The summed E-state index contributed by atoms with van der Waals surface area (Å²) in [6.45, 7) is 3.52. The maximum Gasteiger partial charge on any atom is 0.341 e. The van der Waals surface area contributed by atoms with E-state index in [0.717, 1.165) is 25.5 Å². The number of pyridine rings is 2. The van der Waals surface area contributed by atoms with Crippen molar-refractivity contribution in [3.8, 4) is 0 Å². The van der Waals surface area contributed by atoms with Crippen molar-refractivity contribution in [3.63, 3.8) is 0 Å². The van der Waals surface area contributed by atoms with E-state index in [1.165, 1.54) is 6.20 Å². The number of rotatable bonds is 6. The molecular weight excluding hydrogens is 406 g/mol. The van der Waals surface area contributed by atoms with Gasteiger partial charge in [-0.2, -0.15) is 0 Å². The van der Waals surface area contributed by atoms with Gasteiger partial charge in [0.05, 0.1) is 11.9 Å². The first-order valence-corrected chi connectivity index (χ1v) is 9.49. The van der Waals surface area contributed by atoms with Crippen molar-refractivity contribution in [2.75, 3.05) is 31.1 Å². The minimum absolute atomic E-state index is 0. The molecule has 2 N–H and O–H groups in total. The summed E-state index contributed by atoms with van der Waals surface area (Å²) < 4.78 is 30.8. The lowest BCUT2D eigenvalue weighted by Crippen LogP contribution is -2.29. The van der Waals surface area contributed by atoms with Gasteiger partial charge in [0.15, 0.2) is 11.6 Å². The van der Waals surface area contributed by atoms with E-state index in [-0.39, 0.29) is 47.8 Å². The SMILES string of the molecule is CCNCC1CN(c2nc3c(cc2F)c(=O)c(C(=O)O)cn3C2CC2)CC1F.Cl. The molecule has 3 heterocycles. The van der Waals surface area contributed by atoms with E-state index in [2.05, 4.69) is 10.3 Å². The van der Waals surface area contributed by atoms with E-state index in [9.17, 15) is 23.5 Å². The number of carboxylic acid groups (broad SMARTS) is 1. The van der Waals surface area contributed by atoms with Crippen molar-refractivity contribution in [3.05, 3.63) is 33.9 Å². The van der Waals surface area contributed by atoms with Gasteiger partial charge in [-0.3, -0.25) is 4.79 Å². The molecule has 1 aliphatic heterocycles. The number of carboxylic acids is 1. The molecule has 0 aromatic carbocycles. The van der Waals surface area contributed by atoms with Crippen LogP contribution < -0.4 is 15.6 Å². The summed E-state index contributed by atoms with van der Waals surface area (Å²) in [5.41, 5.74) is -0.907. The summed E-state index contributed by atoms with van der Waals surface area (Å²) >= 11 is 0. The lowest BCUT2D eigenvalue weighted by molar-refractivity contribution is 0.0695. The first-order valence-electron chi connectivity index (χ1n) is 9.49. The van der Waals surface area contributed by atoms with Crippen LogP contribution in [0.2, 0.25) is 0 Å². The third-order valence-electron chi connectivity index (χ3n) is 5.43. The zero-order chi connectivity index (χ0) is 20.0. The number of hydrogen-bond donors (Lipinski definition) is 2. The van der Waals surface area contributed by atoms with E-state index in [1.807, 2.05) is 6.92 Å². The number of carbonyl (C=O) groups is 1. The van der Waals surface area contributed by atoms with Gasteiger partial charge in [0.25, 0.3) is 0 Å². The smallest absolute Gasteiger partial charge is 0.341 e. The molecule has 2 fully saturated rings. The van der Waals surface area contributed by atoms with Gasteiger partial charge in [-0.25, -0.2) is 18.6 Å². The molecule has 0 radical (unpaired) electrons. The minimum Gasteiger partial charge on any atom is -0.477 e. The number of hydrogen-bond acceptors (Lipinski definition) is 5. The van der Waals surface area contributed by atoms with Crippen LogP contribution in [0.25, 0.3) is 11.0 Å². The molecule has 4 rings (SSSR count). The molecule has 0 bridgehead atoms. The summed E-state index contributed by atoms with van der Waals surface area (Å²) in [7, 11) is 0. The molecule has 1 aliphatic carbocycles. The summed E-state index contributed by atoms with van der Waals surface area (Å²) in [5, 5.41) is 12.3. The van der Waals surface area contributed by atoms with Crippen LogP contribution in [0.4, 0.5) is 14.6 Å². The Morgan fingerprint density at radius 1 is 1.38 bits per heavy atom. The number of alkyl halides is 1. The molecule has 0 spiro atoms. The van der Waals surface area contributed by atoms with Crippen LogP contribution >= 0.6 is 12.4 Å². The zero-order valence-corrected chi connectivity index (χ0v) is 16.7. The van der Waals surface area contributed by atoms with Crippen LogP contribution in [0.5, 0.6) is 0 Å². The fourth-order valence-corrected chi connectivity index (χ4v) is 3.77. The second kappa shape index (κ2) is 8.23. The first-order chi connectivity index (χ1) is 13.4. The van der Waals surface area contributed by atoms with Gasteiger partial charge in [0.2, 0.25) is 5.43 Å². The molecular formula is C19H23ClF2N4O3. The minimum atomic E-state index is -1.35. The Balaban J connectivity index is 0.00000240. The molecule has 1 saturated carbocycles. The van der Waals surface area contributed by atoms with Crippen molar-refractivity contribution in [2.24, 2.45) is 5.92 Å². The summed E-state index contributed by atoms with van der Waals surface area (Å²) in [4.78, 5) is 29.8. The Morgan fingerprint density at radius 3 is 2.72 bits per heavy atom. The Kier molecular flexibility index (Phi) is 6.09. The van der Waals surface area contributed by atoms with Gasteiger partial charge in [-0.15, -0.1) is 12.4 Å². The molecule has 29 heavy (non-hydrogen) atoms. The van der Waals surface area contributed by atoms with Crippen LogP contribution in [0.1, 0.15) is 36.2 Å². The highest BCUT2D eigenvalue weighted by Crippen LogP contribution is 2.37. The zero-order valence-electron chi connectivity index (χ0n) is 15.9. The van der Waals surface area contributed by atoms with E-state index >= 15 is 0 Å². The lowest BCUT2D eigenvalue weighted by Gasteiger charge is -2.20. The van der Waals surface area contributed by atoms with Gasteiger partial charge in [0, 0.05) is 31.2 Å². The number of halogens is 3. The van der Waals surface area contributed by atoms with Gasteiger partial charge >= 0.3 is 5.97 Å². The van der Waals surface area contributed by atoms with Gasteiger partial charge in [-0.05, 0) is 25.5 Å². The normalized spacial score (nSPS) is 21.4. The highest BCUT2D eigenvalue weighted by molar-refractivity contribution is 5.92. The van der Waals surface area contributed by atoms with Gasteiger partial charge in [0.1, 0.15) is 17.4 Å². The molecule has 10 heteroatoms. The highest BCUT2D eigenvalue weighted by atomic mass is 35.5. The molecule has 1 saturated heterocycles. The van der Waals surface area contributed by atoms with Crippen LogP contribution in [-0.2, 0) is 0 Å². The van der Waals surface area contributed by atoms with Crippen molar-refractivity contribution >= 4 is 35.2 Å². The number of nitrogens with one attached hydrogen (secondary N) is 1. The Morgan fingerprint density at radius 2 is 2.10 bits per heavy atom. The maximum atomic E-state index is 14.8. The molecule has 2 atom stereocenters. The van der Waals surface area contributed by atoms with E-state index in [1.54, 1.807) is 9.47 Å².